The Morgan fingerprint density at radius 3 is 2.77 bits per heavy atom. The number of rotatable bonds is 9. The number of thiophene rings is 1. The van der Waals surface area contributed by atoms with Gasteiger partial charge < -0.3 is 20.1 Å². The Labute approximate surface area is 207 Å². The Morgan fingerprint density at radius 1 is 1.26 bits per heavy atom. The second-order valence-corrected chi connectivity index (χ2v) is 9.01. The van der Waals surface area contributed by atoms with Crippen LogP contribution in [-0.4, -0.2) is 63.4 Å². The molecule has 1 unspecified atom stereocenters. The molecule has 1 aromatic heterocycles. The maximum atomic E-state index is 5.96. The predicted octanol–water partition coefficient (Wildman–Crippen LogP) is 3.68. The third-order valence-electron chi connectivity index (χ3n) is 5.05. The highest BCUT2D eigenvalue weighted by atomic mass is 127. The van der Waals surface area contributed by atoms with Crippen LogP contribution in [0.5, 0.6) is 5.75 Å². The molecule has 1 fully saturated rings. The number of aliphatic imine (C=N–C) groups is 1. The lowest BCUT2D eigenvalue weighted by Gasteiger charge is -2.26. The topological polar surface area (TPSA) is 58.1 Å². The van der Waals surface area contributed by atoms with Gasteiger partial charge >= 0.3 is 0 Å². The standard InChI is InChI=1S/C23H34N4O2S.HI/c1-18(15-22-8-7-19(2)30-22)26-23(24-3)25-17-20-5-4-6-21(16-20)29-14-11-27-9-12-28-13-10-27;/h4-8,16,18H,9-15,17H2,1-3H3,(H2,24,25,26);1H. The quantitative estimate of drug-likeness (QED) is 0.280. The van der Waals surface area contributed by atoms with E-state index in [1.54, 1.807) is 0 Å². The number of nitrogens with zero attached hydrogens (tertiary/aromatic N) is 2. The van der Waals surface area contributed by atoms with Gasteiger partial charge in [0.2, 0.25) is 0 Å². The molecule has 1 atom stereocenters. The third-order valence-corrected chi connectivity index (χ3v) is 6.07. The minimum atomic E-state index is 0. The lowest BCUT2D eigenvalue weighted by atomic mass is 10.2. The number of halogens is 1. The van der Waals surface area contributed by atoms with E-state index in [-0.39, 0.29) is 24.0 Å². The number of hydrogen-bond donors (Lipinski definition) is 2. The molecule has 0 aliphatic carbocycles. The first kappa shape index (κ1) is 25.9. The number of aryl methyl sites for hydroxylation is 1. The van der Waals surface area contributed by atoms with Gasteiger partial charge in [0, 0.05) is 55.4 Å². The first-order valence-corrected chi connectivity index (χ1v) is 11.5. The Bertz CT molecular complexity index is 808. The molecule has 2 aromatic rings. The number of benzene rings is 1. The lowest BCUT2D eigenvalue weighted by molar-refractivity contribution is 0.0322. The smallest absolute Gasteiger partial charge is 0.191 e. The summed E-state index contributed by atoms with van der Waals surface area (Å²) in [4.78, 5) is 9.49. The highest BCUT2D eigenvalue weighted by Crippen LogP contribution is 2.17. The van der Waals surface area contributed by atoms with E-state index in [9.17, 15) is 0 Å². The van der Waals surface area contributed by atoms with Gasteiger partial charge in [-0.1, -0.05) is 12.1 Å². The molecule has 6 nitrogen and oxygen atoms in total. The fourth-order valence-corrected chi connectivity index (χ4v) is 4.44. The van der Waals surface area contributed by atoms with E-state index in [0.717, 1.165) is 51.0 Å². The van der Waals surface area contributed by atoms with Gasteiger partial charge in [-0.2, -0.15) is 0 Å². The van der Waals surface area contributed by atoms with E-state index in [0.29, 0.717) is 19.2 Å². The van der Waals surface area contributed by atoms with Crippen LogP contribution in [0.25, 0.3) is 0 Å². The summed E-state index contributed by atoms with van der Waals surface area (Å²) in [5.74, 6) is 1.72. The summed E-state index contributed by atoms with van der Waals surface area (Å²) in [7, 11) is 1.81. The van der Waals surface area contributed by atoms with Crippen LogP contribution in [0.2, 0.25) is 0 Å². The lowest BCUT2D eigenvalue weighted by Crippen LogP contribution is -2.42. The average Bonchev–Trinajstić information content (AvgIpc) is 3.16. The molecule has 0 bridgehead atoms. The number of morpholine rings is 1. The molecule has 0 radical (unpaired) electrons. The zero-order valence-corrected chi connectivity index (χ0v) is 21.9. The molecule has 1 aliphatic heterocycles. The van der Waals surface area contributed by atoms with Crippen molar-refractivity contribution in [3.8, 4) is 5.75 Å². The first-order valence-electron chi connectivity index (χ1n) is 10.7. The zero-order chi connectivity index (χ0) is 21.2. The Morgan fingerprint density at radius 2 is 2.06 bits per heavy atom. The van der Waals surface area contributed by atoms with Crippen molar-refractivity contribution >= 4 is 41.3 Å². The molecule has 8 heteroatoms. The number of ether oxygens (including phenoxy) is 2. The molecular formula is C23H35IN4O2S. The molecule has 0 amide bonds. The monoisotopic (exact) mass is 558 g/mol. The van der Waals surface area contributed by atoms with Gasteiger partial charge in [0.25, 0.3) is 0 Å². The van der Waals surface area contributed by atoms with Crippen LogP contribution in [0.3, 0.4) is 0 Å². The van der Waals surface area contributed by atoms with E-state index in [1.807, 2.05) is 30.5 Å². The van der Waals surface area contributed by atoms with Crippen molar-refractivity contribution in [2.75, 3.05) is 46.5 Å². The molecule has 1 saturated heterocycles. The molecule has 0 saturated carbocycles. The fourth-order valence-electron chi connectivity index (χ4n) is 3.42. The largest absolute Gasteiger partial charge is 0.492 e. The van der Waals surface area contributed by atoms with Crippen molar-refractivity contribution in [1.29, 1.82) is 0 Å². The van der Waals surface area contributed by atoms with Gasteiger partial charge in [0.15, 0.2) is 5.96 Å². The highest BCUT2D eigenvalue weighted by molar-refractivity contribution is 14.0. The van der Waals surface area contributed by atoms with Crippen molar-refractivity contribution in [3.63, 3.8) is 0 Å². The number of guanidine groups is 1. The molecular weight excluding hydrogens is 523 g/mol. The second kappa shape index (κ2) is 13.9. The zero-order valence-electron chi connectivity index (χ0n) is 18.7. The van der Waals surface area contributed by atoms with E-state index >= 15 is 0 Å². The van der Waals surface area contributed by atoms with Crippen molar-refractivity contribution in [1.82, 2.24) is 15.5 Å². The number of hydrogen-bond acceptors (Lipinski definition) is 5. The summed E-state index contributed by atoms with van der Waals surface area (Å²) in [6.45, 7) is 10.3. The fraction of sp³-hybridized carbons (Fsp3) is 0.522. The molecule has 2 N–H and O–H groups in total. The van der Waals surface area contributed by atoms with Crippen LogP contribution >= 0.6 is 35.3 Å². The molecule has 1 aromatic carbocycles. The summed E-state index contributed by atoms with van der Waals surface area (Å²) in [6.07, 6.45) is 0.992. The summed E-state index contributed by atoms with van der Waals surface area (Å²) in [5.41, 5.74) is 1.17. The van der Waals surface area contributed by atoms with E-state index < -0.39 is 0 Å². The van der Waals surface area contributed by atoms with E-state index in [2.05, 4.69) is 58.6 Å². The van der Waals surface area contributed by atoms with Crippen LogP contribution in [0.1, 0.15) is 22.2 Å². The Kier molecular flexibility index (Phi) is 11.6. The summed E-state index contributed by atoms with van der Waals surface area (Å²) in [5, 5.41) is 6.89. The maximum absolute atomic E-state index is 5.96. The molecule has 0 spiro atoms. The SMILES string of the molecule is CN=C(NCc1cccc(OCCN2CCOCC2)c1)NC(C)Cc1ccc(C)s1.I. The second-order valence-electron chi connectivity index (χ2n) is 7.64. The van der Waals surface area contributed by atoms with Gasteiger partial charge in [-0.15, -0.1) is 35.3 Å². The van der Waals surface area contributed by atoms with E-state index in [1.165, 1.54) is 15.3 Å². The van der Waals surface area contributed by atoms with E-state index in [4.69, 9.17) is 9.47 Å². The molecule has 172 valence electrons. The first-order chi connectivity index (χ1) is 14.6. The minimum absolute atomic E-state index is 0. The van der Waals surface area contributed by atoms with Crippen LogP contribution in [-0.2, 0) is 17.7 Å². The van der Waals surface area contributed by atoms with Crippen molar-refractivity contribution in [2.24, 2.45) is 4.99 Å². The summed E-state index contributed by atoms with van der Waals surface area (Å²) < 4.78 is 11.3. The van der Waals surface area contributed by atoms with Gasteiger partial charge in [0.1, 0.15) is 12.4 Å². The highest BCUT2D eigenvalue weighted by Gasteiger charge is 2.10. The Hall–Kier alpha value is -1.36. The van der Waals surface area contributed by atoms with Crippen LogP contribution in [0.4, 0.5) is 0 Å². The minimum Gasteiger partial charge on any atom is -0.492 e. The normalized spacial score (nSPS) is 15.8. The summed E-state index contributed by atoms with van der Waals surface area (Å²) >= 11 is 1.85. The van der Waals surface area contributed by atoms with Crippen LogP contribution in [0.15, 0.2) is 41.4 Å². The van der Waals surface area contributed by atoms with Crippen molar-refractivity contribution in [2.45, 2.75) is 32.9 Å². The maximum Gasteiger partial charge on any atom is 0.191 e. The van der Waals surface area contributed by atoms with Gasteiger partial charge in [-0.3, -0.25) is 9.89 Å². The third kappa shape index (κ3) is 9.34. The van der Waals surface area contributed by atoms with Crippen LogP contribution < -0.4 is 15.4 Å². The van der Waals surface area contributed by atoms with Crippen molar-refractivity contribution in [3.05, 3.63) is 51.7 Å². The van der Waals surface area contributed by atoms with Gasteiger partial charge in [-0.25, -0.2) is 0 Å². The average molecular weight is 559 g/mol. The molecule has 31 heavy (non-hydrogen) atoms. The van der Waals surface area contributed by atoms with Gasteiger partial charge in [-0.05, 0) is 43.7 Å². The Balaban J connectivity index is 0.00000341. The predicted molar refractivity (Wildman–Crippen MR) is 140 cm³/mol. The molecule has 3 rings (SSSR count). The number of nitrogens with one attached hydrogen (secondary N) is 2. The van der Waals surface area contributed by atoms with Crippen LogP contribution in [0, 0.1) is 6.92 Å². The summed E-state index contributed by atoms with van der Waals surface area (Å²) in [6, 6.07) is 12.9. The molecule has 2 heterocycles. The van der Waals surface area contributed by atoms with Crippen molar-refractivity contribution < 1.29 is 9.47 Å². The molecule has 1 aliphatic rings. The van der Waals surface area contributed by atoms with Gasteiger partial charge in [0.05, 0.1) is 13.2 Å².